The maximum Gasteiger partial charge on any atom is 0.416 e. The maximum atomic E-state index is 13.2. The Hall–Kier alpha value is -4.03. The Balaban J connectivity index is 1.35. The Bertz CT molecular complexity index is 1450. The normalized spacial score (nSPS) is 11.4. The van der Waals surface area contributed by atoms with Gasteiger partial charge in [0.25, 0.3) is 11.8 Å². The number of hydrogen-bond acceptors (Lipinski definition) is 7. The molecule has 2 aromatic heterocycles. The van der Waals surface area contributed by atoms with E-state index in [0.717, 1.165) is 22.8 Å². The number of aryl methyl sites for hydroxylation is 1. The fraction of sp³-hybridized carbons (Fsp3) is 0.286. The first-order valence-electron chi connectivity index (χ1n) is 12.5. The number of amides is 2. The third-order valence-corrected chi connectivity index (χ3v) is 6.90. The number of halogens is 3. The summed E-state index contributed by atoms with van der Waals surface area (Å²) in [5, 5.41) is 8.64. The summed E-state index contributed by atoms with van der Waals surface area (Å²) in [6, 6.07) is 9.97. The van der Waals surface area contributed by atoms with Crippen LogP contribution in [0.25, 0.3) is 11.3 Å². The molecule has 40 heavy (non-hydrogen) atoms. The standard InChI is InChI=1S/C28H28F3N5O3S/c1-18-16-40-25(35-18)15-36(2)27(38)22-11-20(24-14-33-17-39-24)10-21(12-22)26(37)34-8-4-7-32-13-19-5-3-6-23(9-19)28(29,30)31/h3,5-6,9-12,14,16-17,32H,4,7-8,13,15H2,1-2H3,(H,34,37). The lowest BCUT2D eigenvalue weighted by Crippen LogP contribution is -2.29. The first-order chi connectivity index (χ1) is 19.1. The Kier molecular flexibility index (Phi) is 9.33. The van der Waals surface area contributed by atoms with E-state index in [1.807, 2.05) is 12.3 Å². The molecule has 0 radical (unpaired) electrons. The Morgan fingerprint density at radius 2 is 1.90 bits per heavy atom. The van der Waals surface area contributed by atoms with E-state index in [9.17, 15) is 22.8 Å². The first kappa shape index (κ1) is 29.0. The van der Waals surface area contributed by atoms with Crippen molar-refractivity contribution in [3.63, 3.8) is 0 Å². The molecule has 0 aliphatic heterocycles. The first-order valence-corrected chi connectivity index (χ1v) is 13.3. The van der Waals surface area contributed by atoms with Gasteiger partial charge in [-0.25, -0.2) is 9.97 Å². The molecule has 0 spiro atoms. The van der Waals surface area contributed by atoms with Gasteiger partial charge < -0.3 is 20.0 Å². The molecule has 2 N–H and O–H groups in total. The lowest BCUT2D eigenvalue weighted by molar-refractivity contribution is -0.137. The van der Waals surface area contributed by atoms with E-state index in [2.05, 4.69) is 20.6 Å². The van der Waals surface area contributed by atoms with Crippen LogP contribution in [0.3, 0.4) is 0 Å². The molecule has 0 fully saturated rings. The van der Waals surface area contributed by atoms with Crippen molar-refractivity contribution in [3.8, 4) is 11.3 Å². The topological polar surface area (TPSA) is 100 Å². The van der Waals surface area contributed by atoms with Gasteiger partial charge in [0, 0.05) is 47.9 Å². The van der Waals surface area contributed by atoms with E-state index in [1.165, 1.54) is 41.0 Å². The van der Waals surface area contributed by atoms with E-state index >= 15 is 0 Å². The minimum atomic E-state index is -4.38. The number of hydrogen-bond donors (Lipinski definition) is 2. The van der Waals surface area contributed by atoms with Crippen LogP contribution in [-0.2, 0) is 19.3 Å². The Morgan fingerprint density at radius 1 is 1.10 bits per heavy atom. The summed E-state index contributed by atoms with van der Waals surface area (Å²) in [5.74, 6) is -0.228. The number of thiazole rings is 1. The van der Waals surface area contributed by atoms with Gasteiger partial charge in [0.05, 0.1) is 18.3 Å². The highest BCUT2D eigenvalue weighted by Gasteiger charge is 2.30. The van der Waals surface area contributed by atoms with Crippen LogP contribution in [0.1, 0.15) is 49.0 Å². The summed E-state index contributed by atoms with van der Waals surface area (Å²) < 4.78 is 44.0. The second-order valence-electron chi connectivity index (χ2n) is 9.19. The van der Waals surface area contributed by atoms with Gasteiger partial charge in [0.1, 0.15) is 5.01 Å². The zero-order valence-corrected chi connectivity index (χ0v) is 22.7. The number of carbonyl (C=O) groups excluding carboxylic acids is 2. The molecule has 0 aliphatic rings. The third kappa shape index (κ3) is 7.76. The molecule has 0 aliphatic carbocycles. The molecular weight excluding hydrogens is 543 g/mol. The summed E-state index contributed by atoms with van der Waals surface area (Å²) in [7, 11) is 1.67. The lowest BCUT2D eigenvalue weighted by atomic mass is 10.0. The van der Waals surface area contributed by atoms with E-state index < -0.39 is 11.7 Å². The highest BCUT2D eigenvalue weighted by Crippen LogP contribution is 2.29. The SMILES string of the molecule is Cc1csc(CN(C)C(=O)c2cc(C(=O)NCCCNCc3cccc(C(F)(F)F)c3)cc(-c3cnco3)c2)n1. The summed E-state index contributed by atoms with van der Waals surface area (Å²) in [4.78, 5) is 36.1. The number of benzene rings is 2. The average Bonchev–Trinajstić information content (AvgIpc) is 3.61. The van der Waals surface area contributed by atoms with Crippen molar-refractivity contribution >= 4 is 23.2 Å². The van der Waals surface area contributed by atoms with Crippen LogP contribution >= 0.6 is 11.3 Å². The lowest BCUT2D eigenvalue weighted by Gasteiger charge is -2.17. The molecule has 4 rings (SSSR count). The second-order valence-corrected chi connectivity index (χ2v) is 10.1. The van der Waals surface area contributed by atoms with Crippen LogP contribution in [0, 0.1) is 6.92 Å². The molecule has 2 heterocycles. The van der Waals surface area contributed by atoms with E-state index in [1.54, 1.807) is 25.2 Å². The Morgan fingerprint density at radius 3 is 2.60 bits per heavy atom. The Labute approximate surface area is 233 Å². The van der Waals surface area contributed by atoms with Crippen LogP contribution in [-0.4, -0.2) is 46.8 Å². The molecule has 4 aromatic rings. The van der Waals surface area contributed by atoms with Gasteiger partial charge in [-0.05, 0) is 49.7 Å². The zero-order valence-electron chi connectivity index (χ0n) is 21.9. The third-order valence-electron chi connectivity index (χ3n) is 5.94. The van der Waals surface area contributed by atoms with Crippen molar-refractivity contribution in [1.82, 2.24) is 25.5 Å². The summed E-state index contributed by atoms with van der Waals surface area (Å²) in [6.07, 6.45) is -1.06. The predicted molar refractivity (Wildman–Crippen MR) is 145 cm³/mol. The van der Waals surface area contributed by atoms with Crippen molar-refractivity contribution in [2.75, 3.05) is 20.1 Å². The van der Waals surface area contributed by atoms with E-state index in [-0.39, 0.29) is 23.9 Å². The largest absolute Gasteiger partial charge is 0.444 e. The van der Waals surface area contributed by atoms with E-state index in [0.29, 0.717) is 48.5 Å². The van der Waals surface area contributed by atoms with E-state index in [4.69, 9.17) is 4.42 Å². The summed E-state index contributed by atoms with van der Waals surface area (Å²) in [6.45, 7) is 3.31. The number of aromatic nitrogens is 2. The fourth-order valence-electron chi connectivity index (χ4n) is 3.96. The van der Waals surface area contributed by atoms with Gasteiger partial charge in [-0.1, -0.05) is 18.2 Å². The van der Waals surface area contributed by atoms with Crippen molar-refractivity contribution in [2.45, 2.75) is 32.6 Å². The summed E-state index contributed by atoms with van der Waals surface area (Å²) >= 11 is 1.47. The highest BCUT2D eigenvalue weighted by molar-refractivity contribution is 7.09. The number of nitrogens with zero attached hydrogens (tertiary/aromatic N) is 3. The van der Waals surface area contributed by atoms with Crippen LogP contribution in [0.15, 0.2) is 64.9 Å². The minimum Gasteiger partial charge on any atom is -0.444 e. The second kappa shape index (κ2) is 12.9. The van der Waals surface area contributed by atoms with Crippen molar-refractivity contribution < 1.29 is 27.2 Å². The number of carbonyl (C=O) groups is 2. The molecule has 2 amide bonds. The molecule has 2 aromatic carbocycles. The van der Waals surface area contributed by atoms with Gasteiger partial charge >= 0.3 is 6.18 Å². The minimum absolute atomic E-state index is 0.274. The smallest absolute Gasteiger partial charge is 0.416 e. The molecule has 210 valence electrons. The maximum absolute atomic E-state index is 13.2. The predicted octanol–water partition coefficient (Wildman–Crippen LogP) is 5.31. The number of nitrogens with one attached hydrogen (secondary N) is 2. The molecule has 0 saturated carbocycles. The molecule has 0 atom stereocenters. The molecule has 12 heteroatoms. The fourth-order valence-corrected chi connectivity index (χ4v) is 4.79. The average molecular weight is 572 g/mol. The monoisotopic (exact) mass is 571 g/mol. The van der Waals surface area contributed by atoms with Crippen molar-refractivity contribution in [1.29, 1.82) is 0 Å². The molecular formula is C28H28F3N5O3S. The molecule has 8 nitrogen and oxygen atoms in total. The van der Waals surface area contributed by atoms with Gasteiger partial charge in [-0.2, -0.15) is 13.2 Å². The number of oxazole rings is 1. The van der Waals surface area contributed by atoms with Crippen molar-refractivity contribution in [3.05, 3.63) is 93.4 Å². The summed E-state index contributed by atoms with van der Waals surface area (Å²) in [5.41, 5.74) is 1.86. The van der Waals surface area contributed by atoms with Gasteiger partial charge in [0.2, 0.25) is 0 Å². The van der Waals surface area contributed by atoms with Crippen LogP contribution < -0.4 is 10.6 Å². The molecule has 0 saturated heterocycles. The zero-order chi connectivity index (χ0) is 28.7. The van der Waals surface area contributed by atoms with Crippen molar-refractivity contribution in [2.24, 2.45) is 0 Å². The quantitative estimate of drug-likeness (QED) is 0.237. The number of rotatable bonds is 11. The van der Waals surface area contributed by atoms with Crippen LogP contribution in [0.4, 0.5) is 13.2 Å². The van der Waals surface area contributed by atoms with Gasteiger partial charge in [-0.15, -0.1) is 11.3 Å². The van der Waals surface area contributed by atoms with Crippen LogP contribution in [0.2, 0.25) is 0 Å². The van der Waals surface area contributed by atoms with Gasteiger partial charge in [0.15, 0.2) is 12.2 Å². The number of alkyl halides is 3. The van der Waals surface area contributed by atoms with Gasteiger partial charge in [-0.3, -0.25) is 9.59 Å². The van der Waals surface area contributed by atoms with Crippen LogP contribution in [0.5, 0.6) is 0 Å². The highest BCUT2D eigenvalue weighted by atomic mass is 32.1. The molecule has 0 bridgehead atoms. The molecule has 0 unspecified atom stereocenters.